The first kappa shape index (κ1) is 8.11. The fraction of sp³-hybridized carbons (Fsp3) is 0.625. The zero-order valence-electron chi connectivity index (χ0n) is 7.29. The predicted octanol–water partition coefficient (Wildman–Crippen LogP) is 1.61. The molecular formula is C8H14N2O. The molecule has 1 rings (SSSR count). The molecule has 3 nitrogen and oxygen atoms in total. The van der Waals surface area contributed by atoms with Gasteiger partial charge in [-0.15, -0.1) is 5.10 Å². The molecule has 0 unspecified atom stereocenters. The highest BCUT2D eigenvalue weighted by molar-refractivity contribution is 5.20. The van der Waals surface area contributed by atoms with Crippen LogP contribution in [0.4, 0.5) is 0 Å². The molecular weight excluding hydrogens is 140 g/mol. The van der Waals surface area contributed by atoms with Crippen LogP contribution >= 0.6 is 0 Å². The standard InChI is InChI=1S/C8H14N2O/c1-4-10-6-7(3)8(9-10)11-5-2/h6H,4-5H2,1-3H3. The summed E-state index contributed by atoms with van der Waals surface area (Å²) in [6, 6.07) is 0. The lowest BCUT2D eigenvalue weighted by molar-refractivity contribution is 0.320. The summed E-state index contributed by atoms with van der Waals surface area (Å²) < 4.78 is 7.16. The van der Waals surface area contributed by atoms with Crippen molar-refractivity contribution in [3.63, 3.8) is 0 Å². The van der Waals surface area contributed by atoms with Crippen molar-refractivity contribution in [3.05, 3.63) is 11.8 Å². The third-order valence-corrected chi connectivity index (χ3v) is 1.50. The first-order chi connectivity index (χ1) is 5.27. The number of nitrogens with zero attached hydrogens (tertiary/aromatic N) is 2. The summed E-state index contributed by atoms with van der Waals surface area (Å²) in [6.07, 6.45) is 1.99. The molecule has 0 aliphatic carbocycles. The van der Waals surface area contributed by atoms with Gasteiger partial charge in [0.15, 0.2) is 0 Å². The lowest BCUT2D eigenvalue weighted by atomic mass is 10.4. The van der Waals surface area contributed by atoms with Crippen LogP contribution in [0, 0.1) is 6.92 Å². The van der Waals surface area contributed by atoms with Gasteiger partial charge in [-0.1, -0.05) is 0 Å². The van der Waals surface area contributed by atoms with Crippen LogP contribution in [0.3, 0.4) is 0 Å². The molecule has 62 valence electrons. The van der Waals surface area contributed by atoms with Crippen LogP contribution in [0.5, 0.6) is 5.88 Å². The normalized spacial score (nSPS) is 10.1. The quantitative estimate of drug-likeness (QED) is 0.661. The van der Waals surface area contributed by atoms with Crippen LogP contribution in [0.25, 0.3) is 0 Å². The first-order valence-corrected chi connectivity index (χ1v) is 3.94. The summed E-state index contributed by atoms with van der Waals surface area (Å²) in [4.78, 5) is 0. The van der Waals surface area contributed by atoms with Crippen molar-refractivity contribution in [1.82, 2.24) is 9.78 Å². The Morgan fingerprint density at radius 3 is 2.73 bits per heavy atom. The number of rotatable bonds is 3. The second-order valence-corrected chi connectivity index (χ2v) is 2.41. The Kier molecular flexibility index (Phi) is 2.52. The van der Waals surface area contributed by atoms with Gasteiger partial charge in [-0.25, -0.2) is 0 Å². The number of aromatic nitrogens is 2. The molecule has 0 fully saturated rings. The van der Waals surface area contributed by atoms with E-state index in [1.54, 1.807) is 0 Å². The van der Waals surface area contributed by atoms with E-state index in [2.05, 4.69) is 12.0 Å². The summed E-state index contributed by atoms with van der Waals surface area (Å²) >= 11 is 0. The second-order valence-electron chi connectivity index (χ2n) is 2.41. The zero-order chi connectivity index (χ0) is 8.27. The van der Waals surface area contributed by atoms with Gasteiger partial charge in [0.2, 0.25) is 5.88 Å². The highest BCUT2D eigenvalue weighted by Gasteiger charge is 2.02. The number of hydrogen-bond acceptors (Lipinski definition) is 2. The van der Waals surface area contributed by atoms with Crippen LogP contribution in [0.15, 0.2) is 6.20 Å². The van der Waals surface area contributed by atoms with Crippen LogP contribution < -0.4 is 4.74 Å². The van der Waals surface area contributed by atoms with Crippen molar-refractivity contribution < 1.29 is 4.74 Å². The van der Waals surface area contributed by atoms with Gasteiger partial charge in [0, 0.05) is 18.3 Å². The smallest absolute Gasteiger partial charge is 0.235 e. The van der Waals surface area contributed by atoms with E-state index in [0.29, 0.717) is 6.61 Å². The minimum absolute atomic E-state index is 0.682. The Morgan fingerprint density at radius 1 is 1.55 bits per heavy atom. The predicted molar refractivity (Wildman–Crippen MR) is 43.8 cm³/mol. The monoisotopic (exact) mass is 154 g/mol. The van der Waals surface area contributed by atoms with Crippen molar-refractivity contribution in [2.24, 2.45) is 0 Å². The fourth-order valence-corrected chi connectivity index (χ4v) is 0.945. The van der Waals surface area contributed by atoms with Gasteiger partial charge >= 0.3 is 0 Å². The van der Waals surface area contributed by atoms with Crippen LogP contribution in [0.2, 0.25) is 0 Å². The SMILES string of the molecule is CCOc1nn(CC)cc1C. The summed E-state index contributed by atoms with van der Waals surface area (Å²) in [5, 5.41) is 4.21. The van der Waals surface area contributed by atoms with Crippen molar-refractivity contribution in [1.29, 1.82) is 0 Å². The summed E-state index contributed by atoms with van der Waals surface area (Å²) in [7, 11) is 0. The number of hydrogen-bond donors (Lipinski definition) is 0. The third-order valence-electron chi connectivity index (χ3n) is 1.50. The topological polar surface area (TPSA) is 27.1 Å². The van der Waals surface area contributed by atoms with Gasteiger partial charge in [-0.05, 0) is 20.8 Å². The summed E-state index contributed by atoms with van der Waals surface area (Å²) in [5.74, 6) is 0.759. The second kappa shape index (κ2) is 3.42. The zero-order valence-corrected chi connectivity index (χ0v) is 7.29. The average molecular weight is 154 g/mol. The number of aryl methyl sites for hydroxylation is 2. The Labute approximate surface area is 67.0 Å². The van der Waals surface area contributed by atoms with E-state index in [9.17, 15) is 0 Å². The van der Waals surface area contributed by atoms with Crippen LogP contribution in [0.1, 0.15) is 19.4 Å². The molecule has 3 heteroatoms. The van der Waals surface area contributed by atoms with Crippen molar-refractivity contribution in [3.8, 4) is 5.88 Å². The Bertz CT molecular complexity index is 230. The van der Waals surface area contributed by atoms with Crippen molar-refractivity contribution >= 4 is 0 Å². The highest BCUT2D eigenvalue weighted by Crippen LogP contribution is 2.13. The molecule has 0 spiro atoms. The Balaban J connectivity index is 2.79. The molecule has 0 N–H and O–H groups in total. The van der Waals surface area contributed by atoms with E-state index in [0.717, 1.165) is 18.0 Å². The lowest BCUT2D eigenvalue weighted by Gasteiger charge is -1.97. The minimum Gasteiger partial charge on any atom is -0.477 e. The fourth-order valence-electron chi connectivity index (χ4n) is 0.945. The first-order valence-electron chi connectivity index (χ1n) is 3.94. The molecule has 1 aromatic rings. The largest absolute Gasteiger partial charge is 0.477 e. The Morgan fingerprint density at radius 2 is 2.27 bits per heavy atom. The molecule has 1 heterocycles. The van der Waals surface area contributed by atoms with Crippen LogP contribution in [-0.2, 0) is 6.54 Å². The van der Waals surface area contributed by atoms with Crippen molar-refractivity contribution in [2.45, 2.75) is 27.3 Å². The molecule has 0 atom stereocenters. The van der Waals surface area contributed by atoms with Gasteiger partial charge in [0.1, 0.15) is 0 Å². The maximum absolute atomic E-state index is 5.29. The van der Waals surface area contributed by atoms with Gasteiger partial charge in [0.25, 0.3) is 0 Å². The average Bonchev–Trinajstić information content (AvgIpc) is 2.33. The highest BCUT2D eigenvalue weighted by atomic mass is 16.5. The summed E-state index contributed by atoms with van der Waals surface area (Å²) in [6.45, 7) is 7.60. The van der Waals surface area contributed by atoms with E-state index in [4.69, 9.17) is 4.74 Å². The van der Waals surface area contributed by atoms with E-state index < -0.39 is 0 Å². The molecule has 11 heavy (non-hydrogen) atoms. The molecule has 0 radical (unpaired) electrons. The molecule has 1 aromatic heterocycles. The third kappa shape index (κ3) is 1.73. The van der Waals surface area contributed by atoms with E-state index in [-0.39, 0.29) is 0 Å². The maximum atomic E-state index is 5.29. The van der Waals surface area contributed by atoms with Crippen molar-refractivity contribution in [2.75, 3.05) is 6.61 Å². The molecule has 0 aliphatic heterocycles. The van der Waals surface area contributed by atoms with Gasteiger partial charge in [-0.2, -0.15) is 0 Å². The Hall–Kier alpha value is -0.990. The lowest BCUT2D eigenvalue weighted by Crippen LogP contribution is -1.96. The minimum atomic E-state index is 0.682. The van der Waals surface area contributed by atoms with Gasteiger partial charge in [0.05, 0.1) is 6.61 Å². The van der Waals surface area contributed by atoms with Gasteiger partial charge < -0.3 is 4.74 Å². The molecule has 0 aromatic carbocycles. The summed E-state index contributed by atoms with van der Waals surface area (Å²) in [5.41, 5.74) is 1.11. The molecule has 0 aliphatic rings. The van der Waals surface area contributed by atoms with Gasteiger partial charge in [-0.3, -0.25) is 4.68 Å². The van der Waals surface area contributed by atoms with Crippen LogP contribution in [-0.4, -0.2) is 16.4 Å². The molecule has 0 bridgehead atoms. The van der Waals surface area contributed by atoms with E-state index in [1.165, 1.54) is 0 Å². The molecule has 0 saturated carbocycles. The molecule has 0 saturated heterocycles. The van der Waals surface area contributed by atoms with E-state index >= 15 is 0 Å². The maximum Gasteiger partial charge on any atom is 0.235 e. The van der Waals surface area contributed by atoms with E-state index in [1.807, 2.05) is 24.7 Å². The number of ether oxygens (including phenoxy) is 1. The molecule has 0 amide bonds.